The smallest absolute Gasteiger partial charge is 0.248 e. The number of rotatable bonds is 3. The van der Waals surface area contributed by atoms with Gasteiger partial charge in [0.2, 0.25) is 5.95 Å². The summed E-state index contributed by atoms with van der Waals surface area (Å²) in [5.74, 6) is -0.267. The van der Waals surface area contributed by atoms with Crippen molar-refractivity contribution in [3.63, 3.8) is 0 Å². The fourth-order valence-electron chi connectivity index (χ4n) is 1.37. The standard InChI is InChI=1S/C9H7F3N4O2S/c10-9(11,12)6-3-1-2-4-7(6)19(17,18)16-8-13-5-14-15-8/h1-5H,(H2,13,14,15,16). The summed E-state index contributed by atoms with van der Waals surface area (Å²) >= 11 is 0. The maximum Gasteiger partial charge on any atom is 0.417 e. The summed E-state index contributed by atoms with van der Waals surface area (Å²) < 4.78 is 63.8. The van der Waals surface area contributed by atoms with Gasteiger partial charge in [-0.3, -0.25) is 0 Å². The van der Waals surface area contributed by atoms with Crippen molar-refractivity contribution in [2.45, 2.75) is 11.1 Å². The van der Waals surface area contributed by atoms with Gasteiger partial charge in [0, 0.05) is 0 Å². The lowest BCUT2D eigenvalue weighted by Gasteiger charge is -2.12. The summed E-state index contributed by atoms with van der Waals surface area (Å²) in [6.07, 6.45) is -3.75. The van der Waals surface area contributed by atoms with Gasteiger partial charge in [0.05, 0.1) is 10.5 Å². The number of nitrogens with zero attached hydrogens (tertiary/aromatic N) is 2. The van der Waals surface area contributed by atoms with E-state index < -0.39 is 26.7 Å². The summed E-state index contributed by atoms with van der Waals surface area (Å²) in [6, 6.07) is 3.86. The first-order valence-corrected chi connectivity index (χ1v) is 6.33. The zero-order chi connectivity index (χ0) is 14.1. The Kier molecular flexibility index (Phi) is 3.18. The molecular weight excluding hydrogens is 285 g/mol. The number of aromatic amines is 1. The van der Waals surface area contributed by atoms with Crippen LogP contribution in [0.5, 0.6) is 0 Å². The maximum atomic E-state index is 12.7. The SMILES string of the molecule is O=S(=O)(Nc1ncn[nH]1)c1ccccc1C(F)(F)F. The molecule has 1 aromatic carbocycles. The molecule has 0 aliphatic heterocycles. The molecule has 0 fully saturated rings. The highest BCUT2D eigenvalue weighted by atomic mass is 32.2. The molecule has 0 radical (unpaired) electrons. The van der Waals surface area contributed by atoms with E-state index in [4.69, 9.17) is 0 Å². The third-order valence-electron chi connectivity index (χ3n) is 2.13. The van der Waals surface area contributed by atoms with Crippen LogP contribution in [-0.2, 0) is 16.2 Å². The van der Waals surface area contributed by atoms with Crippen molar-refractivity contribution in [1.82, 2.24) is 15.2 Å². The zero-order valence-electron chi connectivity index (χ0n) is 9.14. The average molecular weight is 292 g/mol. The Balaban J connectivity index is 2.47. The van der Waals surface area contributed by atoms with E-state index >= 15 is 0 Å². The van der Waals surface area contributed by atoms with Gasteiger partial charge in [-0.15, -0.1) is 0 Å². The van der Waals surface area contributed by atoms with Crippen LogP contribution >= 0.6 is 0 Å². The number of aromatic nitrogens is 3. The predicted molar refractivity (Wildman–Crippen MR) is 58.6 cm³/mol. The van der Waals surface area contributed by atoms with Gasteiger partial charge in [-0.2, -0.15) is 23.3 Å². The molecular formula is C9H7F3N4O2S. The summed E-state index contributed by atoms with van der Waals surface area (Å²) in [7, 11) is -4.40. The van der Waals surface area contributed by atoms with Crippen molar-refractivity contribution < 1.29 is 21.6 Å². The van der Waals surface area contributed by atoms with Crippen molar-refractivity contribution in [3.05, 3.63) is 36.2 Å². The van der Waals surface area contributed by atoms with E-state index in [2.05, 4.69) is 15.2 Å². The Morgan fingerprint density at radius 1 is 1.21 bits per heavy atom. The van der Waals surface area contributed by atoms with Gasteiger partial charge < -0.3 is 0 Å². The van der Waals surface area contributed by atoms with Crippen molar-refractivity contribution in [2.75, 3.05) is 4.72 Å². The van der Waals surface area contributed by atoms with Crippen LogP contribution in [0.4, 0.5) is 19.1 Å². The van der Waals surface area contributed by atoms with Gasteiger partial charge in [-0.25, -0.2) is 18.2 Å². The van der Waals surface area contributed by atoms with Crippen LogP contribution in [0, 0.1) is 0 Å². The van der Waals surface area contributed by atoms with Crippen LogP contribution in [0.2, 0.25) is 0 Å². The minimum Gasteiger partial charge on any atom is -0.248 e. The topological polar surface area (TPSA) is 87.7 Å². The highest BCUT2D eigenvalue weighted by molar-refractivity contribution is 7.92. The number of benzene rings is 1. The number of hydrogen-bond donors (Lipinski definition) is 2. The number of alkyl halides is 3. The van der Waals surface area contributed by atoms with Crippen LogP contribution in [0.3, 0.4) is 0 Å². The summed E-state index contributed by atoms with van der Waals surface area (Å²) in [4.78, 5) is 2.60. The first-order valence-electron chi connectivity index (χ1n) is 4.85. The fraction of sp³-hybridized carbons (Fsp3) is 0.111. The van der Waals surface area contributed by atoms with Gasteiger partial charge >= 0.3 is 6.18 Å². The Morgan fingerprint density at radius 3 is 2.47 bits per heavy atom. The van der Waals surface area contributed by atoms with Crippen molar-refractivity contribution in [3.8, 4) is 0 Å². The molecule has 0 aliphatic rings. The Labute approximate surface area is 105 Å². The molecule has 2 N–H and O–H groups in total. The molecule has 1 heterocycles. The lowest BCUT2D eigenvalue weighted by Crippen LogP contribution is -2.19. The van der Waals surface area contributed by atoms with E-state index in [-0.39, 0.29) is 5.95 Å². The molecule has 0 bridgehead atoms. The quantitative estimate of drug-likeness (QED) is 0.900. The number of hydrogen-bond acceptors (Lipinski definition) is 4. The predicted octanol–water partition coefficient (Wildman–Crippen LogP) is 1.62. The number of sulfonamides is 1. The van der Waals surface area contributed by atoms with E-state index in [0.29, 0.717) is 6.07 Å². The first kappa shape index (κ1) is 13.3. The van der Waals surface area contributed by atoms with Crippen LogP contribution in [0.25, 0.3) is 0 Å². The Bertz CT molecular complexity index is 667. The Hall–Kier alpha value is -2.10. The molecule has 2 rings (SSSR count). The van der Waals surface area contributed by atoms with Gasteiger partial charge in [0.15, 0.2) is 0 Å². The minimum absolute atomic E-state index is 0.267. The normalized spacial score (nSPS) is 12.4. The van der Waals surface area contributed by atoms with Gasteiger partial charge in [-0.1, -0.05) is 12.1 Å². The third-order valence-corrected chi connectivity index (χ3v) is 3.53. The molecule has 0 saturated carbocycles. The lowest BCUT2D eigenvalue weighted by molar-refractivity contribution is -0.139. The molecule has 0 amide bonds. The van der Waals surface area contributed by atoms with Crippen molar-refractivity contribution in [2.24, 2.45) is 0 Å². The van der Waals surface area contributed by atoms with E-state index in [1.165, 1.54) is 6.07 Å². The highest BCUT2D eigenvalue weighted by Crippen LogP contribution is 2.34. The number of anilines is 1. The fourth-order valence-corrected chi connectivity index (χ4v) is 2.57. The second-order valence-electron chi connectivity index (χ2n) is 3.43. The molecule has 0 spiro atoms. The molecule has 0 saturated heterocycles. The van der Waals surface area contributed by atoms with Gasteiger partial charge in [0.1, 0.15) is 6.33 Å². The summed E-state index contributed by atoms with van der Waals surface area (Å²) in [6.45, 7) is 0. The largest absolute Gasteiger partial charge is 0.417 e. The molecule has 10 heteroatoms. The number of nitrogens with one attached hydrogen (secondary N) is 2. The Morgan fingerprint density at radius 2 is 1.89 bits per heavy atom. The molecule has 2 aromatic rings. The van der Waals surface area contributed by atoms with Crippen LogP contribution in [0.15, 0.2) is 35.5 Å². The van der Waals surface area contributed by atoms with Crippen molar-refractivity contribution in [1.29, 1.82) is 0 Å². The highest BCUT2D eigenvalue weighted by Gasteiger charge is 2.37. The van der Waals surface area contributed by atoms with Crippen LogP contribution in [0.1, 0.15) is 5.56 Å². The monoisotopic (exact) mass is 292 g/mol. The lowest BCUT2D eigenvalue weighted by atomic mass is 10.2. The number of halogens is 3. The van der Waals surface area contributed by atoms with E-state index in [1.54, 1.807) is 0 Å². The molecule has 6 nitrogen and oxygen atoms in total. The second kappa shape index (κ2) is 4.53. The summed E-state index contributed by atoms with van der Waals surface area (Å²) in [5, 5.41) is 5.57. The van der Waals surface area contributed by atoms with E-state index in [0.717, 1.165) is 18.5 Å². The molecule has 0 atom stereocenters. The molecule has 19 heavy (non-hydrogen) atoms. The summed E-state index contributed by atoms with van der Waals surface area (Å²) in [5.41, 5.74) is -1.25. The second-order valence-corrected chi connectivity index (χ2v) is 5.08. The average Bonchev–Trinajstić information content (AvgIpc) is 2.80. The first-order chi connectivity index (χ1) is 8.81. The van der Waals surface area contributed by atoms with E-state index in [9.17, 15) is 21.6 Å². The maximum absolute atomic E-state index is 12.7. The molecule has 0 aliphatic carbocycles. The molecule has 1 aromatic heterocycles. The van der Waals surface area contributed by atoms with Crippen molar-refractivity contribution >= 4 is 16.0 Å². The number of H-pyrrole nitrogens is 1. The molecule has 0 unspecified atom stereocenters. The zero-order valence-corrected chi connectivity index (χ0v) is 9.96. The van der Waals surface area contributed by atoms with Crippen LogP contribution < -0.4 is 4.72 Å². The third kappa shape index (κ3) is 2.84. The molecule has 102 valence electrons. The van der Waals surface area contributed by atoms with E-state index in [1.807, 2.05) is 4.72 Å². The van der Waals surface area contributed by atoms with Crippen LogP contribution in [-0.4, -0.2) is 23.6 Å². The van der Waals surface area contributed by atoms with Gasteiger partial charge in [0.25, 0.3) is 10.0 Å². The van der Waals surface area contributed by atoms with Gasteiger partial charge in [-0.05, 0) is 12.1 Å². The minimum atomic E-state index is -4.77.